The van der Waals surface area contributed by atoms with Crippen LogP contribution in [-0.2, 0) is 9.53 Å². The largest absolute Gasteiger partial charge is 0.462 e. The molecule has 25 heavy (non-hydrogen) atoms. The molecule has 0 radical (unpaired) electrons. The second kappa shape index (κ2) is 8.37. The Morgan fingerprint density at radius 1 is 1.04 bits per heavy atom. The molecular weight excluding hydrogens is 318 g/mol. The molecule has 0 aliphatic carbocycles. The number of benzene rings is 2. The quantitative estimate of drug-likeness (QED) is 0.267. The van der Waals surface area contributed by atoms with Crippen LogP contribution in [0.4, 0.5) is 0 Å². The Bertz CT molecular complexity index is 876. The first-order chi connectivity index (χ1) is 12.1. The second-order valence-corrected chi connectivity index (χ2v) is 5.03. The van der Waals surface area contributed by atoms with E-state index in [1.165, 1.54) is 12.1 Å². The van der Waals surface area contributed by atoms with Crippen molar-refractivity contribution in [2.45, 2.75) is 6.92 Å². The molecule has 5 nitrogen and oxygen atoms in total. The molecule has 0 heterocycles. The average molecular weight is 333 g/mol. The minimum absolute atomic E-state index is 0.0797. The SMILES string of the molecule is CCOC(=O)/C(=C/C(=O)c1cccc(C#N)c1)C(=O)c1ccccc1. The fraction of sp³-hybridized carbons (Fsp3) is 0.100. The molecular formula is C20H15NO4. The van der Waals surface area contributed by atoms with E-state index in [0.29, 0.717) is 5.56 Å². The van der Waals surface area contributed by atoms with Gasteiger partial charge in [0.15, 0.2) is 11.6 Å². The van der Waals surface area contributed by atoms with Crippen LogP contribution in [0.15, 0.2) is 66.2 Å². The number of allylic oxidation sites excluding steroid dienone is 1. The van der Waals surface area contributed by atoms with Gasteiger partial charge in [0.05, 0.1) is 18.2 Å². The molecule has 0 spiro atoms. The number of nitriles is 1. The zero-order valence-electron chi connectivity index (χ0n) is 13.6. The lowest BCUT2D eigenvalue weighted by Crippen LogP contribution is -2.18. The standard InChI is InChI=1S/C20H15NO4/c1-2-25-20(24)17(19(23)15-8-4-3-5-9-15)12-18(22)16-10-6-7-14(11-16)13-21/h3-12H,2H2,1H3/b17-12+. The maximum Gasteiger partial charge on any atom is 0.342 e. The van der Waals surface area contributed by atoms with Gasteiger partial charge in [-0.25, -0.2) is 4.79 Å². The van der Waals surface area contributed by atoms with Crippen molar-refractivity contribution in [3.8, 4) is 6.07 Å². The molecule has 124 valence electrons. The smallest absolute Gasteiger partial charge is 0.342 e. The van der Waals surface area contributed by atoms with E-state index in [9.17, 15) is 14.4 Å². The topological polar surface area (TPSA) is 84.2 Å². The maximum absolute atomic E-state index is 12.6. The van der Waals surface area contributed by atoms with Gasteiger partial charge in [-0.2, -0.15) is 5.26 Å². The number of ketones is 2. The van der Waals surface area contributed by atoms with Crippen LogP contribution < -0.4 is 0 Å². The summed E-state index contributed by atoms with van der Waals surface area (Å²) in [6.45, 7) is 1.69. The van der Waals surface area contributed by atoms with Gasteiger partial charge in [0, 0.05) is 17.2 Å². The molecule has 2 rings (SSSR count). The van der Waals surface area contributed by atoms with E-state index in [0.717, 1.165) is 6.08 Å². The summed E-state index contributed by atoms with van der Waals surface area (Å²) in [4.78, 5) is 37.1. The van der Waals surface area contributed by atoms with Crippen molar-refractivity contribution >= 4 is 17.5 Å². The summed E-state index contributed by atoms with van der Waals surface area (Å²) in [7, 11) is 0. The predicted octanol–water partition coefficient (Wildman–Crippen LogP) is 3.11. The summed E-state index contributed by atoms with van der Waals surface area (Å²) in [5, 5.41) is 8.92. The van der Waals surface area contributed by atoms with Crippen LogP contribution in [0.1, 0.15) is 33.2 Å². The van der Waals surface area contributed by atoms with Gasteiger partial charge in [-0.3, -0.25) is 9.59 Å². The molecule has 0 aliphatic rings. The molecule has 0 fully saturated rings. The summed E-state index contributed by atoms with van der Waals surface area (Å²) in [6.07, 6.45) is 0.962. The van der Waals surface area contributed by atoms with Crippen molar-refractivity contribution in [3.05, 3.63) is 82.9 Å². The van der Waals surface area contributed by atoms with E-state index in [1.807, 2.05) is 6.07 Å². The number of carbonyl (C=O) groups is 3. The van der Waals surface area contributed by atoms with E-state index in [4.69, 9.17) is 10.00 Å². The second-order valence-electron chi connectivity index (χ2n) is 5.03. The lowest BCUT2D eigenvalue weighted by Gasteiger charge is -2.06. The fourth-order valence-corrected chi connectivity index (χ4v) is 2.13. The van der Waals surface area contributed by atoms with Crippen LogP contribution in [0.5, 0.6) is 0 Å². The van der Waals surface area contributed by atoms with E-state index >= 15 is 0 Å². The first kappa shape index (κ1) is 17.8. The zero-order chi connectivity index (χ0) is 18.2. The fourth-order valence-electron chi connectivity index (χ4n) is 2.13. The summed E-state index contributed by atoms with van der Waals surface area (Å²) >= 11 is 0. The van der Waals surface area contributed by atoms with Gasteiger partial charge in [0.2, 0.25) is 0 Å². The Kier molecular flexibility index (Phi) is 5.97. The van der Waals surface area contributed by atoms with E-state index in [-0.39, 0.29) is 23.3 Å². The monoisotopic (exact) mass is 333 g/mol. The van der Waals surface area contributed by atoms with Crippen LogP contribution in [0.25, 0.3) is 0 Å². The van der Waals surface area contributed by atoms with Crippen molar-refractivity contribution in [1.82, 2.24) is 0 Å². The zero-order valence-corrected chi connectivity index (χ0v) is 13.6. The van der Waals surface area contributed by atoms with Crippen molar-refractivity contribution in [1.29, 1.82) is 5.26 Å². The number of Topliss-reactive ketones (excluding diaryl/α,β-unsaturated/α-hetero) is 1. The molecule has 0 saturated heterocycles. The van der Waals surface area contributed by atoms with Gasteiger partial charge < -0.3 is 4.74 Å². The Morgan fingerprint density at radius 2 is 1.72 bits per heavy atom. The normalized spacial score (nSPS) is 10.6. The molecule has 0 bridgehead atoms. The predicted molar refractivity (Wildman–Crippen MR) is 91.0 cm³/mol. The average Bonchev–Trinajstić information content (AvgIpc) is 2.66. The first-order valence-corrected chi connectivity index (χ1v) is 7.60. The van der Waals surface area contributed by atoms with Crippen molar-refractivity contribution in [2.24, 2.45) is 0 Å². The van der Waals surface area contributed by atoms with Crippen LogP contribution in [0.3, 0.4) is 0 Å². The van der Waals surface area contributed by atoms with Crippen molar-refractivity contribution in [3.63, 3.8) is 0 Å². The van der Waals surface area contributed by atoms with Gasteiger partial charge in [-0.05, 0) is 19.1 Å². The lowest BCUT2D eigenvalue weighted by molar-refractivity contribution is -0.138. The third kappa shape index (κ3) is 4.49. The minimum Gasteiger partial charge on any atom is -0.462 e. The number of hydrogen-bond donors (Lipinski definition) is 0. The summed E-state index contributed by atoms with van der Waals surface area (Å²) in [5.41, 5.74) is 0.453. The highest BCUT2D eigenvalue weighted by Crippen LogP contribution is 2.13. The molecule has 0 aliphatic heterocycles. The summed E-state index contributed by atoms with van der Waals surface area (Å²) in [6, 6.07) is 16.1. The van der Waals surface area contributed by atoms with Crippen molar-refractivity contribution < 1.29 is 19.1 Å². The van der Waals surface area contributed by atoms with Crippen LogP contribution >= 0.6 is 0 Å². The Labute approximate surface area is 145 Å². The van der Waals surface area contributed by atoms with Gasteiger partial charge in [0.1, 0.15) is 5.57 Å². The third-order valence-corrected chi connectivity index (χ3v) is 3.33. The maximum atomic E-state index is 12.6. The van der Waals surface area contributed by atoms with E-state index < -0.39 is 17.5 Å². The summed E-state index contributed by atoms with van der Waals surface area (Å²) in [5.74, 6) is -2.01. The minimum atomic E-state index is -0.860. The van der Waals surface area contributed by atoms with E-state index in [1.54, 1.807) is 49.4 Å². The van der Waals surface area contributed by atoms with E-state index in [2.05, 4.69) is 0 Å². The Balaban J connectivity index is 2.42. The number of ether oxygens (including phenoxy) is 1. The molecule has 0 saturated carbocycles. The highest BCUT2D eigenvalue weighted by atomic mass is 16.5. The van der Waals surface area contributed by atoms with Crippen LogP contribution in [0.2, 0.25) is 0 Å². The van der Waals surface area contributed by atoms with Crippen molar-refractivity contribution in [2.75, 3.05) is 6.61 Å². The highest BCUT2D eigenvalue weighted by Gasteiger charge is 2.22. The number of esters is 1. The van der Waals surface area contributed by atoms with Gasteiger partial charge in [-0.15, -0.1) is 0 Å². The molecule has 0 amide bonds. The molecule has 0 unspecified atom stereocenters. The summed E-state index contributed by atoms with van der Waals surface area (Å²) < 4.78 is 4.90. The Morgan fingerprint density at radius 3 is 2.36 bits per heavy atom. The first-order valence-electron chi connectivity index (χ1n) is 7.60. The van der Waals surface area contributed by atoms with Gasteiger partial charge in [0.25, 0.3) is 0 Å². The molecule has 5 heteroatoms. The third-order valence-electron chi connectivity index (χ3n) is 3.33. The van der Waals surface area contributed by atoms with Crippen LogP contribution in [0, 0.1) is 11.3 Å². The molecule has 0 atom stereocenters. The number of carbonyl (C=O) groups excluding carboxylic acids is 3. The Hall–Kier alpha value is -3.52. The highest BCUT2D eigenvalue weighted by molar-refractivity contribution is 6.27. The number of hydrogen-bond acceptors (Lipinski definition) is 5. The van der Waals surface area contributed by atoms with Gasteiger partial charge >= 0.3 is 5.97 Å². The lowest BCUT2D eigenvalue weighted by atomic mass is 10.00. The number of nitrogens with zero attached hydrogens (tertiary/aromatic N) is 1. The molecule has 2 aromatic rings. The van der Waals surface area contributed by atoms with Crippen LogP contribution in [-0.4, -0.2) is 24.1 Å². The molecule has 0 N–H and O–H groups in total. The molecule has 2 aromatic carbocycles. The number of rotatable bonds is 6. The van der Waals surface area contributed by atoms with Gasteiger partial charge in [-0.1, -0.05) is 42.5 Å². The molecule has 0 aromatic heterocycles.